The Morgan fingerprint density at radius 2 is 0.829 bits per heavy atom. The molecular formula is C37H44O4. The van der Waals surface area contributed by atoms with E-state index < -0.39 is 5.41 Å². The molecule has 4 heteroatoms. The number of phenols is 4. The van der Waals surface area contributed by atoms with Crippen molar-refractivity contribution in [1.82, 2.24) is 0 Å². The Morgan fingerprint density at radius 1 is 0.488 bits per heavy atom. The smallest absolute Gasteiger partial charge is 0.118 e. The number of benzene rings is 4. The van der Waals surface area contributed by atoms with Crippen LogP contribution >= 0.6 is 0 Å². The maximum Gasteiger partial charge on any atom is 0.118 e. The number of aryl methyl sites for hydroxylation is 4. The Balaban J connectivity index is 2.20. The van der Waals surface area contributed by atoms with Gasteiger partial charge in [0.25, 0.3) is 0 Å². The maximum absolute atomic E-state index is 10.7. The van der Waals surface area contributed by atoms with Crippen LogP contribution in [-0.2, 0) is 31.1 Å². The van der Waals surface area contributed by atoms with Crippen molar-refractivity contribution in [3.8, 4) is 23.0 Å². The van der Waals surface area contributed by atoms with Crippen LogP contribution in [0.3, 0.4) is 0 Å². The van der Waals surface area contributed by atoms with Gasteiger partial charge in [-0.15, -0.1) is 0 Å². The summed E-state index contributed by atoms with van der Waals surface area (Å²) in [6, 6.07) is 23.8. The largest absolute Gasteiger partial charge is 0.508 e. The van der Waals surface area contributed by atoms with Crippen LogP contribution in [0.2, 0.25) is 0 Å². The van der Waals surface area contributed by atoms with E-state index in [2.05, 4.69) is 45.0 Å². The number of phenolic OH excluding ortho intramolecular Hbond substituents is 4. The molecule has 0 saturated heterocycles. The van der Waals surface area contributed by atoms with Crippen molar-refractivity contribution in [1.29, 1.82) is 0 Å². The van der Waals surface area contributed by atoms with E-state index >= 15 is 0 Å². The third kappa shape index (κ3) is 5.66. The highest BCUT2D eigenvalue weighted by molar-refractivity contribution is 5.56. The van der Waals surface area contributed by atoms with Crippen LogP contribution in [0, 0.1) is 0 Å². The first kappa shape index (κ1) is 30.0. The summed E-state index contributed by atoms with van der Waals surface area (Å²) in [4.78, 5) is 0. The summed E-state index contributed by atoms with van der Waals surface area (Å²) >= 11 is 0. The molecule has 0 amide bonds. The van der Waals surface area contributed by atoms with Gasteiger partial charge in [0, 0.05) is 11.3 Å². The van der Waals surface area contributed by atoms with Crippen LogP contribution in [0.25, 0.3) is 0 Å². The summed E-state index contributed by atoms with van der Waals surface area (Å²) in [5.41, 5.74) is 7.25. The second-order valence-corrected chi connectivity index (χ2v) is 11.0. The van der Waals surface area contributed by atoms with Crippen molar-refractivity contribution < 1.29 is 20.4 Å². The van der Waals surface area contributed by atoms with E-state index in [9.17, 15) is 20.4 Å². The van der Waals surface area contributed by atoms with Crippen molar-refractivity contribution in [3.63, 3.8) is 0 Å². The molecule has 0 fully saturated rings. The predicted molar refractivity (Wildman–Crippen MR) is 167 cm³/mol. The number of hydrogen-bond donors (Lipinski definition) is 4. The summed E-state index contributed by atoms with van der Waals surface area (Å²) in [6.07, 6.45) is 4.47. The van der Waals surface area contributed by atoms with Crippen LogP contribution in [0.1, 0.15) is 97.9 Å². The monoisotopic (exact) mass is 552 g/mol. The van der Waals surface area contributed by atoms with Crippen molar-refractivity contribution in [2.24, 2.45) is 0 Å². The van der Waals surface area contributed by atoms with Gasteiger partial charge in [-0.25, -0.2) is 0 Å². The van der Waals surface area contributed by atoms with E-state index in [0.717, 1.165) is 57.3 Å². The second kappa shape index (κ2) is 12.7. The molecule has 216 valence electrons. The Labute approximate surface area is 245 Å². The Hall–Kier alpha value is -3.92. The lowest BCUT2D eigenvalue weighted by Crippen LogP contribution is -2.36. The molecule has 0 aliphatic rings. The Morgan fingerprint density at radius 3 is 1.17 bits per heavy atom. The molecule has 4 aromatic carbocycles. The predicted octanol–water partition coefficient (Wildman–Crippen LogP) is 8.68. The zero-order valence-electron chi connectivity index (χ0n) is 25.0. The van der Waals surface area contributed by atoms with Gasteiger partial charge >= 0.3 is 0 Å². The maximum atomic E-state index is 10.7. The molecule has 0 heterocycles. The van der Waals surface area contributed by atoms with Crippen molar-refractivity contribution in [2.75, 3.05) is 0 Å². The Bertz CT molecular complexity index is 1400. The second-order valence-electron chi connectivity index (χ2n) is 11.0. The molecule has 0 atom stereocenters. The molecule has 4 nitrogen and oxygen atoms in total. The average Bonchev–Trinajstić information content (AvgIpc) is 2.98. The van der Waals surface area contributed by atoms with Gasteiger partial charge in [-0.05, 0) is 101 Å². The molecule has 4 rings (SSSR count). The van der Waals surface area contributed by atoms with Crippen LogP contribution in [0.5, 0.6) is 23.0 Å². The fourth-order valence-corrected chi connectivity index (χ4v) is 6.52. The standard InChI is InChI=1S/C37H44O4/c1-6-19-37(30-13-17-34(40)26(9-4)22-30,31-14-18-35(41)27(10-5)23-31)36(28-11-15-32(38)24(7-2)20-28)29-12-16-33(39)25(8-3)21-29/h11-18,20-23,36,38-41H,6-10,19H2,1-5H3. The van der Waals surface area contributed by atoms with E-state index in [1.807, 2.05) is 38.1 Å². The number of rotatable bonds is 11. The van der Waals surface area contributed by atoms with Gasteiger partial charge in [-0.2, -0.15) is 0 Å². The molecule has 41 heavy (non-hydrogen) atoms. The summed E-state index contributed by atoms with van der Waals surface area (Å²) in [5.74, 6) is 0.948. The Kier molecular flexibility index (Phi) is 9.32. The summed E-state index contributed by atoms with van der Waals surface area (Å²) in [7, 11) is 0. The molecule has 0 saturated carbocycles. The molecule has 0 aromatic heterocycles. The molecular weight excluding hydrogens is 508 g/mol. The summed E-state index contributed by atoms with van der Waals surface area (Å²) < 4.78 is 0. The topological polar surface area (TPSA) is 80.9 Å². The normalized spacial score (nSPS) is 11.8. The zero-order chi connectivity index (χ0) is 29.7. The van der Waals surface area contributed by atoms with Gasteiger partial charge < -0.3 is 20.4 Å². The highest BCUT2D eigenvalue weighted by Crippen LogP contribution is 2.53. The average molecular weight is 553 g/mol. The van der Waals surface area contributed by atoms with Gasteiger partial charge in [0.1, 0.15) is 23.0 Å². The molecule has 0 bridgehead atoms. The summed E-state index contributed by atoms with van der Waals surface area (Å²) in [6.45, 7) is 10.4. The molecule has 0 aliphatic carbocycles. The van der Waals surface area contributed by atoms with Gasteiger partial charge in [0.05, 0.1) is 0 Å². The molecule has 0 spiro atoms. The van der Waals surface area contributed by atoms with E-state index in [0.29, 0.717) is 25.7 Å². The van der Waals surface area contributed by atoms with Crippen LogP contribution in [0.15, 0.2) is 72.8 Å². The van der Waals surface area contributed by atoms with Crippen molar-refractivity contribution >= 4 is 0 Å². The SMILES string of the molecule is CCCC(c1ccc(O)c(CC)c1)(c1ccc(O)c(CC)c1)C(c1ccc(O)c(CC)c1)c1ccc(O)c(CC)c1. The first-order chi connectivity index (χ1) is 19.7. The van der Waals surface area contributed by atoms with Gasteiger partial charge in [-0.3, -0.25) is 0 Å². The third-order valence-corrected chi connectivity index (χ3v) is 8.72. The fourth-order valence-electron chi connectivity index (χ4n) is 6.52. The summed E-state index contributed by atoms with van der Waals surface area (Å²) in [5, 5.41) is 42.7. The van der Waals surface area contributed by atoms with Crippen LogP contribution < -0.4 is 0 Å². The first-order valence-electron chi connectivity index (χ1n) is 15.0. The van der Waals surface area contributed by atoms with E-state index in [1.165, 1.54) is 0 Å². The lowest BCUT2D eigenvalue weighted by atomic mass is 9.58. The minimum Gasteiger partial charge on any atom is -0.508 e. The van der Waals surface area contributed by atoms with E-state index in [4.69, 9.17) is 0 Å². The fraction of sp³-hybridized carbons (Fsp3) is 0.351. The molecule has 0 unspecified atom stereocenters. The van der Waals surface area contributed by atoms with Crippen molar-refractivity contribution in [3.05, 3.63) is 117 Å². The van der Waals surface area contributed by atoms with Gasteiger partial charge in [0.2, 0.25) is 0 Å². The molecule has 0 radical (unpaired) electrons. The zero-order valence-corrected chi connectivity index (χ0v) is 25.0. The highest BCUT2D eigenvalue weighted by Gasteiger charge is 2.44. The minimum atomic E-state index is -0.589. The number of aromatic hydroxyl groups is 4. The molecule has 0 aliphatic heterocycles. The number of hydrogen-bond acceptors (Lipinski definition) is 4. The third-order valence-electron chi connectivity index (χ3n) is 8.72. The van der Waals surface area contributed by atoms with Crippen LogP contribution in [-0.4, -0.2) is 20.4 Å². The molecule has 4 aromatic rings. The molecule has 4 N–H and O–H groups in total. The highest BCUT2D eigenvalue weighted by atomic mass is 16.3. The van der Waals surface area contributed by atoms with E-state index in [-0.39, 0.29) is 28.9 Å². The quantitative estimate of drug-likeness (QED) is 0.150. The van der Waals surface area contributed by atoms with Crippen molar-refractivity contribution in [2.45, 2.75) is 84.5 Å². The lowest BCUT2D eigenvalue weighted by Gasteiger charge is -2.44. The first-order valence-corrected chi connectivity index (χ1v) is 15.0. The van der Waals surface area contributed by atoms with Crippen LogP contribution in [0.4, 0.5) is 0 Å². The lowest BCUT2D eigenvalue weighted by molar-refractivity contribution is 0.407. The van der Waals surface area contributed by atoms with Gasteiger partial charge in [-0.1, -0.05) is 89.6 Å². The van der Waals surface area contributed by atoms with Gasteiger partial charge in [0.15, 0.2) is 0 Å². The van der Waals surface area contributed by atoms with E-state index in [1.54, 1.807) is 24.3 Å². The minimum absolute atomic E-state index is 0.192.